The smallest absolute Gasteiger partial charge is 0.396 e. The first-order valence-electron chi connectivity index (χ1n) is 5.51. The Kier molecular flexibility index (Phi) is 5.39. The van der Waals surface area contributed by atoms with Crippen molar-refractivity contribution in [2.24, 2.45) is 0 Å². The fraction of sp³-hybridized carbons (Fsp3) is 0.400. The summed E-state index contributed by atoms with van der Waals surface area (Å²) in [7, 11) is -6.41. The number of hydrogen-bond acceptors (Lipinski definition) is 3. The molecule has 15 heteroatoms. The molecule has 0 radical (unpaired) electrons. The van der Waals surface area contributed by atoms with Gasteiger partial charge in [0.15, 0.2) is 0 Å². The lowest BCUT2D eigenvalue weighted by atomic mass is 9.95. The number of alkyl halides is 10. The van der Waals surface area contributed by atoms with E-state index in [1.54, 1.807) is 0 Å². The average molecular weight is 489 g/mol. The number of sulfone groups is 1. The van der Waals surface area contributed by atoms with Crippen LogP contribution in [0.5, 0.6) is 0 Å². The van der Waals surface area contributed by atoms with E-state index in [1.165, 1.54) is 0 Å². The fourth-order valence-electron chi connectivity index (χ4n) is 1.63. The molecule has 2 N–H and O–H groups in total. The van der Waals surface area contributed by atoms with E-state index in [1.807, 2.05) is 0 Å². The molecule has 0 amide bonds. The van der Waals surface area contributed by atoms with Crippen LogP contribution in [0.4, 0.5) is 45.2 Å². The van der Waals surface area contributed by atoms with Gasteiger partial charge in [0.1, 0.15) is 4.90 Å². The number of benzene rings is 1. The first kappa shape index (κ1) is 22.2. The molecule has 0 aliphatic carbocycles. The molecule has 1 rings (SSSR count). The first-order valence-corrected chi connectivity index (χ1v) is 8.17. The zero-order valence-corrected chi connectivity index (χ0v) is 14.3. The molecule has 0 saturated heterocycles. The van der Waals surface area contributed by atoms with E-state index in [4.69, 9.17) is 17.3 Å². The summed E-state index contributed by atoms with van der Waals surface area (Å²) in [5, 5.41) is -1.30. The summed E-state index contributed by atoms with van der Waals surface area (Å²) in [4.78, 5) is -7.47. The Morgan fingerprint density at radius 2 is 1.40 bits per heavy atom. The van der Waals surface area contributed by atoms with E-state index < -0.39 is 59.3 Å². The van der Waals surface area contributed by atoms with E-state index in [0.717, 1.165) is 15.9 Å². The van der Waals surface area contributed by atoms with Crippen LogP contribution in [0.15, 0.2) is 17.0 Å². The average Bonchev–Trinajstić information content (AvgIpc) is 2.36. The third kappa shape index (κ3) is 3.52. The van der Waals surface area contributed by atoms with Crippen molar-refractivity contribution >= 4 is 43.1 Å². The lowest BCUT2D eigenvalue weighted by Crippen LogP contribution is -2.49. The van der Waals surface area contributed by atoms with E-state index in [0.29, 0.717) is 0 Å². The highest BCUT2D eigenvalue weighted by molar-refractivity contribution is 9.10. The topological polar surface area (TPSA) is 60.2 Å². The monoisotopic (exact) mass is 487 g/mol. The van der Waals surface area contributed by atoms with Crippen molar-refractivity contribution in [3.8, 4) is 0 Å². The van der Waals surface area contributed by atoms with Crippen LogP contribution in [0.2, 0.25) is 5.02 Å². The number of nitrogens with two attached hydrogens (primary N) is 1. The van der Waals surface area contributed by atoms with E-state index in [2.05, 4.69) is 0 Å². The molecule has 1 aromatic carbocycles. The first-order chi connectivity index (χ1) is 10.8. The molecule has 0 fully saturated rings. The molecule has 0 aliphatic rings. The molecule has 1 aromatic rings. The number of halogens is 11. The number of nitrogen functional groups attached to an aromatic ring is 1. The van der Waals surface area contributed by atoms with Crippen molar-refractivity contribution in [2.45, 2.75) is 27.1 Å². The minimum Gasteiger partial charge on any atom is -0.396 e. The van der Waals surface area contributed by atoms with Gasteiger partial charge in [-0.15, -0.1) is 0 Å². The Labute approximate surface area is 147 Å². The van der Waals surface area contributed by atoms with Crippen LogP contribution in [-0.2, 0) is 15.5 Å². The predicted octanol–water partition coefficient (Wildman–Crippen LogP) is 4.93. The van der Waals surface area contributed by atoms with E-state index in [9.17, 15) is 47.9 Å². The molecule has 1 atom stereocenters. The molecule has 0 aromatic heterocycles. The van der Waals surface area contributed by atoms with Crippen molar-refractivity contribution in [3.05, 3.63) is 22.7 Å². The summed E-state index contributed by atoms with van der Waals surface area (Å²) in [6.07, 6.45) is -6.36. The van der Waals surface area contributed by atoms with Gasteiger partial charge in [-0.25, -0.2) is 12.8 Å². The number of hydrogen-bond donors (Lipinski definition) is 1. The maximum Gasteiger partial charge on any atom is 0.501 e. The second-order valence-electron chi connectivity index (χ2n) is 4.47. The molecule has 3 nitrogen and oxygen atoms in total. The Morgan fingerprint density at radius 1 is 0.960 bits per heavy atom. The molecule has 25 heavy (non-hydrogen) atoms. The highest BCUT2D eigenvalue weighted by Gasteiger charge is 2.71. The SMILES string of the molecule is Nc1c(Cl)cc(C(F)(C(F)(F)F)C(F)(F)Br)cc1S(=O)(=O)C(F)(F)F. The fourth-order valence-corrected chi connectivity index (χ4v) is 3.29. The predicted molar refractivity (Wildman–Crippen MR) is 71.8 cm³/mol. The summed E-state index contributed by atoms with van der Waals surface area (Å²) in [5.41, 5.74) is -10.3. The van der Waals surface area contributed by atoms with Gasteiger partial charge in [-0.2, -0.15) is 35.1 Å². The number of anilines is 1. The largest absolute Gasteiger partial charge is 0.501 e. The van der Waals surface area contributed by atoms with Gasteiger partial charge in [0, 0.05) is 5.56 Å². The molecule has 0 bridgehead atoms. The summed E-state index contributed by atoms with van der Waals surface area (Å²) in [5.74, 6) is 0. The van der Waals surface area contributed by atoms with Crippen LogP contribution in [0.1, 0.15) is 5.56 Å². The van der Waals surface area contributed by atoms with Gasteiger partial charge in [-0.3, -0.25) is 0 Å². The third-order valence-electron chi connectivity index (χ3n) is 2.86. The quantitative estimate of drug-likeness (QED) is 0.373. The summed E-state index contributed by atoms with van der Waals surface area (Å²) in [6, 6.07) is -0.734. The number of rotatable bonds is 3. The molecule has 1 unspecified atom stereocenters. The standard InChI is InChI=1S/C10H4BrClF9NO2S/c11-8(14,15)7(13,9(16,17)18)3-1-4(12)6(22)5(2-3)25(23,24)10(19,20)21/h1-2H,22H2. The van der Waals surface area contributed by atoms with Gasteiger partial charge in [-0.05, 0) is 28.1 Å². The molecule has 0 aliphatic heterocycles. The normalized spacial score (nSPS) is 16.6. The molecule has 0 heterocycles. The highest BCUT2D eigenvalue weighted by atomic mass is 79.9. The van der Waals surface area contributed by atoms with Gasteiger partial charge >= 0.3 is 22.2 Å². The molecule has 144 valence electrons. The molecule has 0 spiro atoms. The van der Waals surface area contributed by atoms with Crippen molar-refractivity contribution in [1.29, 1.82) is 0 Å². The lowest BCUT2D eigenvalue weighted by Gasteiger charge is -2.32. The van der Waals surface area contributed by atoms with Gasteiger partial charge < -0.3 is 5.73 Å². The van der Waals surface area contributed by atoms with Crippen molar-refractivity contribution in [2.75, 3.05) is 5.73 Å². The van der Waals surface area contributed by atoms with E-state index >= 15 is 0 Å². The summed E-state index contributed by atoms with van der Waals surface area (Å²) < 4.78 is 140. The van der Waals surface area contributed by atoms with Crippen LogP contribution < -0.4 is 5.73 Å². The molecular weight excluding hydrogens is 485 g/mol. The van der Waals surface area contributed by atoms with Crippen molar-refractivity contribution in [3.63, 3.8) is 0 Å². The second-order valence-corrected chi connectivity index (χ2v) is 7.79. The maximum absolute atomic E-state index is 14.2. The van der Waals surface area contributed by atoms with Crippen molar-refractivity contribution in [1.82, 2.24) is 0 Å². The Balaban J connectivity index is 3.94. The van der Waals surface area contributed by atoms with Crippen LogP contribution >= 0.6 is 27.5 Å². The third-order valence-corrected chi connectivity index (χ3v) is 5.25. The second kappa shape index (κ2) is 6.08. The van der Waals surface area contributed by atoms with Gasteiger partial charge in [0.05, 0.1) is 10.7 Å². The van der Waals surface area contributed by atoms with Crippen LogP contribution in [0.25, 0.3) is 0 Å². The van der Waals surface area contributed by atoms with Crippen LogP contribution in [-0.4, -0.2) is 24.9 Å². The zero-order valence-electron chi connectivity index (χ0n) is 11.1. The molecule has 0 saturated carbocycles. The van der Waals surface area contributed by atoms with Gasteiger partial charge in [-0.1, -0.05) is 11.6 Å². The zero-order chi connectivity index (χ0) is 20.2. The molecular formula is C10H4BrClF9NO2S. The Bertz CT molecular complexity index is 771. The minimum atomic E-state index is -6.41. The maximum atomic E-state index is 14.2. The highest BCUT2D eigenvalue weighted by Crippen LogP contribution is 2.56. The van der Waals surface area contributed by atoms with E-state index in [-0.39, 0.29) is 6.07 Å². The van der Waals surface area contributed by atoms with Crippen LogP contribution in [0, 0.1) is 0 Å². The summed E-state index contributed by atoms with van der Waals surface area (Å²) in [6.45, 7) is 0. The lowest BCUT2D eigenvalue weighted by molar-refractivity contribution is -0.282. The minimum absolute atomic E-state index is 0.144. The van der Waals surface area contributed by atoms with Crippen LogP contribution in [0.3, 0.4) is 0 Å². The van der Waals surface area contributed by atoms with Gasteiger partial charge in [0.25, 0.3) is 9.84 Å². The Hall–Kier alpha value is -0.890. The Morgan fingerprint density at radius 3 is 1.72 bits per heavy atom. The van der Waals surface area contributed by atoms with Crippen molar-refractivity contribution < 1.29 is 47.9 Å². The summed E-state index contributed by atoms with van der Waals surface area (Å²) >= 11 is 6.39. The van der Waals surface area contributed by atoms with Gasteiger partial charge in [0.2, 0.25) is 0 Å².